The molecule has 23 heavy (non-hydrogen) atoms. The van der Waals surface area contributed by atoms with Crippen molar-refractivity contribution in [2.24, 2.45) is 0 Å². The molecule has 2 fully saturated rings. The Kier molecular flexibility index (Phi) is 3.86. The van der Waals surface area contributed by atoms with Gasteiger partial charge in [-0.1, -0.05) is 0 Å². The number of amides is 6. The Morgan fingerprint density at radius 3 is 1.26 bits per heavy atom. The Bertz CT molecular complexity index is 537. The number of carbonyl (C=O) groups excluding carboxylic acids is 4. The van der Waals surface area contributed by atoms with Gasteiger partial charge in [-0.2, -0.15) is 0 Å². The maximum Gasteiger partial charge on any atom is 0.331 e. The quantitative estimate of drug-likeness (QED) is 0.634. The van der Waals surface area contributed by atoms with Crippen molar-refractivity contribution >= 4 is 23.9 Å². The van der Waals surface area contributed by atoms with Gasteiger partial charge in [0.05, 0.1) is 0 Å². The summed E-state index contributed by atoms with van der Waals surface area (Å²) < 4.78 is 0. The van der Waals surface area contributed by atoms with Gasteiger partial charge in [-0.05, 0) is 27.7 Å². The van der Waals surface area contributed by atoms with Crippen molar-refractivity contribution in [1.82, 2.24) is 19.6 Å². The fourth-order valence-corrected chi connectivity index (χ4v) is 2.70. The topological polar surface area (TPSA) is 122 Å². The Labute approximate surface area is 132 Å². The summed E-state index contributed by atoms with van der Waals surface area (Å²) in [5, 5.41) is 18.4. The van der Waals surface area contributed by atoms with Crippen LogP contribution in [0.15, 0.2) is 0 Å². The van der Waals surface area contributed by atoms with E-state index in [2.05, 4.69) is 0 Å². The molecule has 10 nitrogen and oxygen atoms in total. The zero-order valence-electron chi connectivity index (χ0n) is 13.4. The van der Waals surface area contributed by atoms with Crippen molar-refractivity contribution in [2.45, 2.75) is 38.8 Å². The summed E-state index contributed by atoms with van der Waals surface area (Å²) in [4.78, 5) is 52.5. The molecule has 2 N–H and O–H groups in total. The Hall–Kier alpha value is -2.20. The lowest BCUT2D eigenvalue weighted by Crippen LogP contribution is -2.55. The number of nitrogens with zero attached hydrogens (tertiary/aromatic N) is 4. The van der Waals surface area contributed by atoms with Gasteiger partial charge < -0.3 is 10.2 Å². The van der Waals surface area contributed by atoms with Crippen molar-refractivity contribution in [3.63, 3.8) is 0 Å². The third-order valence-corrected chi connectivity index (χ3v) is 4.38. The molecular formula is C13H20N4O6. The van der Waals surface area contributed by atoms with Crippen molar-refractivity contribution in [3.8, 4) is 0 Å². The maximum atomic E-state index is 12.3. The van der Waals surface area contributed by atoms with Gasteiger partial charge in [0.15, 0.2) is 0 Å². The van der Waals surface area contributed by atoms with Crippen LogP contribution in [-0.4, -0.2) is 84.9 Å². The highest BCUT2D eigenvalue weighted by Crippen LogP contribution is 2.32. The molecule has 6 amide bonds. The Balaban J connectivity index is 2.35. The number of urea groups is 2. The van der Waals surface area contributed by atoms with E-state index in [1.807, 2.05) is 0 Å². The molecule has 0 bridgehead atoms. The molecule has 2 rings (SSSR count). The lowest BCUT2D eigenvalue weighted by atomic mass is 10.0. The predicted octanol–water partition coefficient (Wildman–Crippen LogP) is -1.07. The summed E-state index contributed by atoms with van der Waals surface area (Å²) in [5.41, 5.74) is -2.54. The van der Waals surface area contributed by atoms with Crippen LogP contribution >= 0.6 is 0 Å². The van der Waals surface area contributed by atoms with Gasteiger partial charge in [0.2, 0.25) is 0 Å². The van der Waals surface area contributed by atoms with E-state index in [0.29, 0.717) is 9.80 Å². The van der Waals surface area contributed by atoms with E-state index in [4.69, 9.17) is 0 Å². The summed E-state index contributed by atoms with van der Waals surface area (Å²) >= 11 is 0. The van der Waals surface area contributed by atoms with Crippen molar-refractivity contribution in [3.05, 3.63) is 0 Å². The summed E-state index contributed by atoms with van der Waals surface area (Å²) in [5.74, 6) is -1.19. The van der Waals surface area contributed by atoms with Crippen molar-refractivity contribution < 1.29 is 29.4 Å². The van der Waals surface area contributed by atoms with Gasteiger partial charge in [-0.3, -0.25) is 19.4 Å². The molecule has 2 saturated heterocycles. The molecule has 2 aliphatic heterocycles. The summed E-state index contributed by atoms with van der Waals surface area (Å²) in [7, 11) is 0. The number of carbonyl (C=O) groups is 4. The minimum Gasteiger partial charge on any atom is -0.376 e. The first-order chi connectivity index (χ1) is 10.5. The average Bonchev–Trinajstić information content (AvgIpc) is 2.73. The fourth-order valence-electron chi connectivity index (χ4n) is 2.70. The van der Waals surface area contributed by atoms with Crippen LogP contribution in [0.5, 0.6) is 0 Å². The molecule has 0 spiro atoms. The standard InChI is InChI=1S/C13H20N4O6/c1-12(2)8(20)14(6-18)10(22)16(12)5-17-11(23)15(7-19)9(21)13(17,3)4/h18-19H,5-7H2,1-4H3. The highest BCUT2D eigenvalue weighted by Gasteiger charge is 2.56. The van der Waals surface area contributed by atoms with Crippen LogP contribution in [0.25, 0.3) is 0 Å². The second kappa shape index (κ2) is 5.17. The van der Waals surface area contributed by atoms with Gasteiger partial charge in [0, 0.05) is 0 Å². The summed E-state index contributed by atoms with van der Waals surface area (Å²) in [6.45, 7) is 4.10. The zero-order chi connectivity index (χ0) is 17.7. The number of rotatable bonds is 4. The van der Waals surface area contributed by atoms with Gasteiger partial charge >= 0.3 is 12.1 Å². The molecule has 2 heterocycles. The first-order valence-corrected chi connectivity index (χ1v) is 7.00. The molecule has 0 aromatic carbocycles. The first kappa shape index (κ1) is 17.2. The van der Waals surface area contributed by atoms with Gasteiger partial charge in [0.25, 0.3) is 11.8 Å². The Morgan fingerprint density at radius 2 is 1.04 bits per heavy atom. The number of aliphatic hydroxyl groups excluding tert-OH is 2. The second-order valence-corrected chi connectivity index (χ2v) is 6.43. The van der Waals surface area contributed by atoms with Crippen LogP contribution in [0.2, 0.25) is 0 Å². The van der Waals surface area contributed by atoms with Crippen LogP contribution in [-0.2, 0) is 9.59 Å². The van der Waals surface area contributed by atoms with E-state index < -0.39 is 48.4 Å². The zero-order valence-corrected chi connectivity index (χ0v) is 13.4. The van der Waals surface area contributed by atoms with Gasteiger partial charge in [-0.25, -0.2) is 19.4 Å². The third-order valence-electron chi connectivity index (χ3n) is 4.38. The largest absolute Gasteiger partial charge is 0.376 e. The number of imide groups is 2. The molecule has 0 unspecified atom stereocenters. The maximum absolute atomic E-state index is 12.3. The molecule has 10 heteroatoms. The summed E-state index contributed by atoms with van der Waals surface area (Å²) in [6, 6.07) is -1.50. The minimum absolute atomic E-state index is 0.317. The highest BCUT2D eigenvalue weighted by atomic mass is 16.3. The summed E-state index contributed by atoms with van der Waals surface area (Å²) in [6.07, 6.45) is 0. The molecule has 0 saturated carbocycles. The van der Waals surface area contributed by atoms with Crippen LogP contribution in [0.1, 0.15) is 27.7 Å². The minimum atomic E-state index is -1.27. The highest BCUT2D eigenvalue weighted by molar-refractivity contribution is 6.08. The molecule has 2 aliphatic rings. The average molecular weight is 328 g/mol. The Morgan fingerprint density at radius 1 is 0.739 bits per heavy atom. The first-order valence-electron chi connectivity index (χ1n) is 7.00. The lowest BCUT2D eigenvalue weighted by Gasteiger charge is -2.35. The van der Waals surface area contributed by atoms with Gasteiger partial charge in [-0.15, -0.1) is 0 Å². The normalized spacial score (nSPS) is 23.6. The van der Waals surface area contributed by atoms with Crippen LogP contribution < -0.4 is 0 Å². The molecule has 0 aromatic heterocycles. The SMILES string of the molecule is CC1(C)C(=O)N(CO)C(=O)N1CN1C(=O)N(CO)C(=O)C1(C)C. The molecule has 128 valence electrons. The number of hydrogen-bond acceptors (Lipinski definition) is 6. The fraction of sp³-hybridized carbons (Fsp3) is 0.692. The van der Waals surface area contributed by atoms with Crippen LogP contribution in [0.3, 0.4) is 0 Å². The van der Waals surface area contributed by atoms with E-state index >= 15 is 0 Å². The molecule has 0 radical (unpaired) electrons. The number of hydrogen-bond donors (Lipinski definition) is 2. The third kappa shape index (κ3) is 2.17. The predicted molar refractivity (Wildman–Crippen MR) is 75.4 cm³/mol. The van der Waals surface area contributed by atoms with Crippen molar-refractivity contribution in [2.75, 3.05) is 20.1 Å². The monoisotopic (exact) mass is 328 g/mol. The number of aliphatic hydroxyl groups is 2. The van der Waals surface area contributed by atoms with E-state index in [9.17, 15) is 29.4 Å². The van der Waals surface area contributed by atoms with E-state index in [1.54, 1.807) is 0 Å². The smallest absolute Gasteiger partial charge is 0.331 e. The van der Waals surface area contributed by atoms with E-state index in [1.165, 1.54) is 27.7 Å². The van der Waals surface area contributed by atoms with Crippen LogP contribution in [0, 0.1) is 0 Å². The molecule has 0 atom stereocenters. The molecule has 0 aromatic rings. The van der Waals surface area contributed by atoms with Crippen LogP contribution in [0.4, 0.5) is 9.59 Å². The van der Waals surface area contributed by atoms with E-state index in [-0.39, 0.29) is 6.67 Å². The second-order valence-electron chi connectivity index (χ2n) is 6.43. The lowest BCUT2D eigenvalue weighted by molar-refractivity contribution is -0.135. The van der Waals surface area contributed by atoms with E-state index in [0.717, 1.165) is 9.80 Å². The van der Waals surface area contributed by atoms with Gasteiger partial charge in [0.1, 0.15) is 31.2 Å². The molecular weight excluding hydrogens is 308 g/mol. The van der Waals surface area contributed by atoms with Crippen molar-refractivity contribution in [1.29, 1.82) is 0 Å². The molecule has 0 aliphatic carbocycles.